The molecule has 0 fully saturated rings. The summed E-state index contributed by atoms with van der Waals surface area (Å²) in [6.45, 7) is 6.89. The van der Waals surface area contributed by atoms with E-state index in [0.29, 0.717) is 0 Å². The Morgan fingerprint density at radius 2 is 2.00 bits per heavy atom. The van der Waals surface area contributed by atoms with Gasteiger partial charge in [0, 0.05) is 18.3 Å². The van der Waals surface area contributed by atoms with Crippen molar-refractivity contribution in [3.8, 4) is 17.1 Å². The number of rotatable bonds is 5. The van der Waals surface area contributed by atoms with Crippen molar-refractivity contribution in [1.82, 2.24) is 15.0 Å². The Balaban J connectivity index is 2.53. The quantitative estimate of drug-likeness (QED) is 0.906. The van der Waals surface area contributed by atoms with Crippen LogP contribution in [0.15, 0.2) is 18.3 Å². The minimum Gasteiger partial charge on any atom is -0.494 e. The van der Waals surface area contributed by atoms with Gasteiger partial charge in [-0.3, -0.25) is 4.98 Å². The number of hydrogen-bond donors (Lipinski definition) is 1. The first-order chi connectivity index (χ1) is 9.67. The van der Waals surface area contributed by atoms with E-state index in [9.17, 15) is 0 Å². The van der Waals surface area contributed by atoms with Crippen LogP contribution in [-0.2, 0) is 0 Å². The van der Waals surface area contributed by atoms with Gasteiger partial charge in [0.2, 0.25) is 0 Å². The first-order valence-electron chi connectivity index (χ1n) is 6.75. The number of pyridine rings is 1. The molecule has 0 radical (unpaired) electrons. The van der Waals surface area contributed by atoms with Gasteiger partial charge < -0.3 is 10.1 Å². The molecule has 0 aliphatic heterocycles. The fraction of sp³-hybridized carbons (Fsp3) is 0.400. The lowest BCUT2D eigenvalue weighted by atomic mass is 10.1. The van der Waals surface area contributed by atoms with Crippen LogP contribution in [0.2, 0.25) is 0 Å². The van der Waals surface area contributed by atoms with E-state index in [2.05, 4.69) is 27.2 Å². The lowest BCUT2D eigenvalue weighted by molar-refractivity contribution is 0.414. The molecule has 0 unspecified atom stereocenters. The van der Waals surface area contributed by atoms with Crippen LogP contribution < -0.4 is 10.1 Å². The summed E-state index contributed by atoms with van der Waals surface area (Å²) in [4.78, 5) is 13.4. The summed E-state index contributed by atoms with van der Waals surface area (Å²) in [5.41, 5.74) is 2.55. The van der Waals surface area contributed by atoms with Gasteiger partial charge in [-0.2, -0.15) is 0 Å². The summed E-state index contributed by atoms with van der Waals surface area (Å²) in [6.07, 6.45) is 2.79. The molecule has 5 heteroatoms. The molecule has 2 heterocycles. The molecule has 0 aliphatic carbocycles. The van der Waals surface area contributed by atoms with Crippen LogP contribution in [-0.4, -0.2) is 28.6 Å². The maximum absolute atomic E-state index is 5.37. The normalized spacial score (nSPS) is 10.4. The minimum atomic E-state index is 0.718. The van der Waals surface area contributed by atoms with Gasteiger partial charge in [-0.15, -0.1) is 0 Å². The van der Waals surface area contributed by atoms with Crippen LogP contribution in [0.5, 0.6) is 5.75 Å². The van der Waals surface area contributed by atoms with E-state index in [1.54, 1.807) is 13.3 Å². The third kappa shape index (κ3) is 2.87. The van der Waals surface area contributed by atoms with Gasteiger partial charge in [-0.1, -0.05) is 6.92 Å². The van der Waals surface area contributed by atoms with E-state index in [-0.39, 0.29) is 0 Å². The highest BCUT2D eigenvalue weighted by Crippen LogP contribution is 2.30. The van der Waals surface area contributed by atoms with Gasteiger partial charge in [0.1, 0.15) is 28.8 Å². The topological polar surface area (TPSA) is 59.9 Å². The van der Waals surface area contributed by atoms with Crippen molar-refractivity contribution in [2.24, 2.45) is 0 Å². The molecular weight excluding hydrogens is 252 g/mol. The van der Waals surface area contributed by atoms with Crippen LogP contribution >= 0.6 is 0 Å². The highest BCUT2D eigenvalue weighted by Gasteiger charge is 2.15. The number of nitrogens with one attached hydrogen (secondary N) is 1. The summed E-state index contributed by atoms with van der Waals surface area (Å²) >= 11 is 0. The average Bonchev–Trinajstić information content (AvgIpc) is 2.47. The predicted molar refractivity (Wildman–Crippen MR) is 80.1 cm³/mol. The van der Waals surface area contributed by atoms with E-state index < -0.39 is 0 Å². The number of nitrogens with zero attached hydrogens (tertiary/aromatic N) is 3. The van der Waals surface area contributed by atoms with Crippen LogP contribution in [0, 0.1) is 13.8 Å². The van der Waals surface area contributed by atoms with E-state index >= 15 is 0 Å². The molecule has 0 amide bonds. The fourth-order valence-electron chi connectivity index (χ4n) is 2.01. The number of methoxy groups -OCH3 is 1. The Bertz CT molecular complexity index is 598. The van der Waals surface area contributed by atoms with Crippen molar-refractivity contribution in [1.29, 1.82) is 0 Å². The Morgan fingerprint density at radius 1 is 1.20 bits per heavy atom. The Morgan fingerprint density at radius 3 is 2.70 bits per heavy atom. The zero-order chi connectivity index (χ0) is 14.5. The predicted octanol–water partition coefficient (Wildman–Crippen LogP) is 2.99. The van der Waals surface area contributed by atoms with Crippen LogP contribution in [0.1, 0.15) is 24.7 Å². The number of hydrogen-bond acceptors (Lipinski definition) is 5. The van der Waals surface area contributed by atoms with Gasteiger partial charge in [0.15, 0.2) is 0 Å². The second-order valence-electron chi connectivity index (χ2n) is 4.57. The third-order valence-electron chi connectivity index (χ3n) is 3.01. The molecule has 2 aromatic rings. The van der Waals surface area contributed by atoms with Gasteiger partial charge in [0.05, 0.1) is 7.11 Å². The third-order valence-corrected chi connectivity index (χ3v) is 3.01. The molecule has 0 aromatic carbocycles. The monoisotopic (exact) mass is 272 g/mol. The minimum absolute atomic E-state index is 0.718. The molecule has 5 nitrogen and oxygen atoms in total. The van der Waals surface area contributed by atoms with Crippen molar-refractivity contribution in [2.75, 3.05) is 19.0 Å². The summed E-state index contributed by atoms with van der Waals surface area (Å²) in [6, 6.07) is 3.74. The van der Waals surface area contributed by atoms with Crippen molar-refractivity contribution >= 4 is 5.82 Å². The lowest BCUT2D eigenvalue weighted by Crippen LogP contribution is -2.08. The smallest absolute Gasteiger partial charge is 0.146 e. The second-order valence-corrected chi connectivity index (χ2v) is 4.57. The van der Waals surface area contributed by atoms with Crippen LogP contribution in [0.25, 0.3) is 11.4 Å². The van der Waals surface area contributed by atoms with Crippen molar-refractivity contribution < 1.29 is 4.74 Å². The van der Waals surface area contributed by atoms with Crippen molar-refractivity contribution in [3.63, 3.8) is 0 Å². The number of aryl methyl sites for hydroxylation is 1. The molecule has 0 aliphatic rings. The lowest BCUT2D eigenvalue weighted by Gasteiger charge is -2.13. The van der Waals surface area contributed by atoms with Crippen LogP contribution in [0.3, 0.4) is 0 Å². The summed E-state index contributed by atoms with van der Waals surface area (Å²) in [5, 5.41) is 3.33. The first kappa shape index (κ1) is 14.2. The van der Waals surface area contributed by atoms with E-state index in [4.69, 9.17) is 4.74 Å². The van der Waals surface area contributed by atoms with Gasteiger partial charge in [-0.25, -0.2) is 9.97 Å². The van der Waals surface area contributed by atoms with Crippen molar-refractivity contribution in [2.45, 2.75) is 27.2 Å². The van der Waals surface area contributed by atoms with Gasteiger partial charge in [-0.05, 0) is 32.4 Å². The van der Waals surface area contributed by atoms with Gasteiger partial charge >= 0.3 is 0 Å². The first-order valence-corrected chi connectivity index (χ1v) is 6.75. The number of anilines is 1. The SMILES string of the molecule is CCCNc1nc(C)nc(-c2ncccc2OC)c1C. The van der Waals surface area contributed by atoms with E-state index in [0.717, 1.165) is 47.3 Å². The fourth-order valence-corrected chi connectivity index (χ4v) is 2.01. The largest absolute Gasteiger partial charge is 0.494 e. The molecular formula is C15H20N4O. The van der Waals surface area contributed by atoms with Crippen LogP contribution in [0.4, 0.5) is 5.82 Å². The molecule has 20 heavy (non-hydrogen) atoms. The highest BCUT2D eigenvalue weighted by atomic mass is 16.5. The maximum atomic E-state index is 5.37. The molecule has 0 spiro atoms. The molecule has 0 saturated carbocycles. The van der Waals surface area contributed by atoms with Crippen molar-refractivity contribution in [3.05, 3.63) is 29.7 Å². The zero-order valence-corrected chi connectivity index (χ0v) is 12.4. The molecule has 0 saturated heterocycles. The number of ether oxygens (including phenoxy) is 1. The Kier molecular flexibility index (Phi) is 4.50. The standard InChI is InChI=1S/C15H20N4O/c1-5-8-17-15-10(2)13(18-11(3)19-15)14-12(20-4)7-6-9-16-14/h6-7,9H,5,8H2,1-4H3,(H,17,18,19). The second kappa shape index (κ2) is 6.32. The zero-order valence-electron chi connectivity index (χ0n) is 12.4. The number of aromatic nitrogens is 3. The summed E-state index contributed by atoms with van der Waals surface area (Å²) in [5.74, 6) is 2.30. The summed E-state index contributed by atoms with van der Waals surface area (Å²) in [7, 11) is 1.64. The molecule has 0 bridgehead atoms. The Hall–Kier alpha value is -2.17. The molecule has 2 aromatic heterocycles. The van der Waals surface area contributed by atoms with Gasteiger partial charge in [0.25, 0.3) is 0 Å². The Labute approximate surface area is 119 Å². The molecule has 106 valence electrons. The maximum Gasteiger partial charge on any atom is 0.146 e. The van der Waals surface area contributed by atoms with E-state index in [1.165, 1.54) is 0 Å². The highest BCUT2D eigenvalue weighted by molar-refractivity contribution is 5.69. The summed E-state index contributed by atoms with van der Waals surface area (Å²) < 4.78 is 5.37. The molecule has 1 N–H and O–H groups in total. The molecule has 2 rings (SSSR count). The average molecular weight is 272 g/mol. The molecule has 0 atom stereocenters. The van der Waals surface area contributed by atoms with E-state index in [1.807, 2.05) is 26.0 Å².